The largest absolute Gasteiger partial charge is 0.503 e. The molecule has 1 aromatic carbocycles. The molecule has 0 fully saturated rings. The Bertz CT molecular complexity index is 775. The lowest BCUT2D eigenvalue weighted by atomic mass is 9.88. The van der Waals surface area contributed by atoms with Gasteiger partial charge in [-0.2, -0.15) is 0 Å². The van der Waals surface area contributed by atoms with Crippen molar-refractivity contribution >= 4 is 5.97 Å². The molecule has 0 spiro atoms. The van der Waals surface area contributed by atoms with Crippen LogP contribution in [0.3, 0.4) is 0 Å². The molecule has 0 atom stereocenters. The molecule has 3 N–H and O–H groups in total. The molecule has 2 rings (SSSR count). The maximum absolute atomic E-state index is 11.9. The normalized spacial score (nSPS) is 10.9. The quantitative estimate of drug-likeness (QED) is 0.810. The van der Waals surface area contributed by atoms with Gasteiger partial charge < -0.3 is 15.2 Å². The Morgan fingerprint density at radius 3 is 2.50 bits per heavy atom. The summed E-state index contributed by atoms with van der Waals surface area (Å²) in [5, 5.41) is 19.4. The van der Waals surface area contributed by atoms with Crippen LogP contribution in [0, 0.1) is 6.92 Å². The maximum atomic E-state index is 11.9. The maximum Gasteiger partial charge on any atom is 0.307 e. The van der Waals surface area contributed by atoms with Crippen LogP contribution in [0.15, 0.2) is 29.1 Å². The summed E-state index contributed by atoms with van der Waals surface area (Å²) in [7, 11) is 0. The molecule has 22 heavy (non-hydrogen) atoms. The molecule has 0 amide bonds. The van der Waals surface area contributed by atoms with E-state index in [1.54, 1.807) is 13.0 Å². The Hall–Kier alpha value is -2.56. The summed E-state index contributed by atoms with van der Waals surface area (Å²) in [5.74, 6) is -1.28. The Kier molecular flexibility index (Phi) is 4.35. The second-order valence-corrected chi connectivity index (χ2v) is 5.59. The summed E-state index contributed by atoms with van der Waals surface area (Å²) in [5.41, 5.74) is 2.24. The van der Waals surface area contributed by atoms with E-state index in [0.717, 1.165) is 5.56 Å². The molecule has 2 aromatic rings. The molecule has 0 radical (unpaired) electrons. The summed E-state index contributed by atoms with van der Waals surface area (Å²) < 4.78 is 0. The number of hydrogen-bond acceptors (Lipinski definition) is 3. The third kappa shape index (κ3) is 2.88. The molecule has 1 heterocycles. The molecule has 0 aliphatic rings. The summed E-state index contributed by atoms with van der Waals surface area (Å²) in [6.45, 7) is 5.65. The van der Waals surface area contributed by atoms with Crippen molar-refractivity contribution in [1.82, 2.24) is 4.98 Å². The van der Waals surface area contributed by atoms with Crippen molar-refractivity contribution in [2.24, 2.45) is 0 Å². The topological polar surface area (TPSA) is 90.4 Å². The van der Waals surface area contributed by atoms with Gasteiger partial charge in [-0.15, -0.1) is 0 Å². The van der Waals surface area contributed by atoms with E-state index in [-0.39, 0.29) is 12.3 Å². The third-order valence-electron chi connectivity index (χ3n) is 3.69. The summed E-state index contributed by atoms with van der Waals surface area (Å²) in [6.07, 6.45) is -0.266. The Morgan fingerprint density at radius 2 is 1.91 bits per heavy atom. The van der Waals surface area contributed by atoms with Gasteiger partial charge in [0.15, 0.2) is 5.75 Å². The number of benzene rings is 1. The zero-order valence-electron chi connectivity index (χ0n) is 12.8. The van der Waals surface area contributed by atoms with Crippen LogP contribution in [0.1, 0.15) is 36.6 Å². The number of aryl methyl sites for hydroxylation is 1. The zero-order valence-corrected chi connectivity index (χ0v) is 12.8. The van der Waals surface area contributed by atoms with Gasteiger partial charge >= 0.3 is 5.97 Å². The molecule has 116 valence electrons. The van der Waals surface area contributed by atoms with Crippen molar-refractivity contribution in [2.45, 2.75) is 33.1 Å². The van der Waals surface area contributed by atoms with Gasteiger partial charge in [-0.3, -0.25) is 9.59 Å². The Labute approximate surface area is 128 Å². The molecule has 5 nitrogen and oxygen atoms in total. The minimum absolute atomic E-state index is 0.174. The molecule has 0 aliphatic heterocycles. The first kappa shape index (κ1) is 15.8. The van der Waals surface area contributed by atoms with E-state index in [9.17, 15) is 14.7 Å². The van der Waals surface area contributed by atoms with E-state index in [1.807, 2.05) is 32.0 Å². The average Bonchev–Trinajstić information content (AvgIpc) is 2.44. The van der Waals surface area contributed by atoms with Crippen molar-refractivity contribution in [3.05, 3.63) is 51.4 Å². The number of carbonyl (C=O) groups is 1. The van der Waals surface area contributed by atoms with Gasteiger partial charge in [0.1, 0.15) is 0 Å². The fourth-order valence-electron chi connectivity index (χ4n) is 2.64. The number of aromatic nitrogens is 1. The molecule has 0 saturated carbocycles. The lowest BCUT2D eigenvalue weighted by Crippen LogP contribution is -2.15. The molecule has 0 bridgehead atoms. The fraction of sp³-hybridized carbons (Fsp3) is 0.294. The smallest absolute Gasteiger partial charge is 0.307 e. The Morgan fingerprint density at radius 1 is 1.27 bits per heavy atom. The SMILES string of the molecule is Cc1[nH]c(=O)c(O)c(-c2ccccc2C(C)C)c1CC(=O)O. The van der Waals surface area contributed by atoms with Gasteiger partial charge in [0.2, 0.25) is 0 Å². The molecular formula is C17H19NO4. The van der Waals surface area contributed by atoms with E-state index < -0.39 is 17.3 Å². The number of aromatic amines is 1. The van der Waals surface area contributed by atoms with Crippen molar-refractivity contribution in [1.29, 1.82) is 0 Å². The number of aromatic hydroxyl groups is 1. The molecule has 1 aromatic heterocycles. The van der Waals surface area contributed by atoms with E-state index in [0.29, 0.717) is 22.4 Å². The van der Waals surface area contributed by atoms with Crippen LogP contribution in [0.4, 0.5) is 0 Å². The highest BCUT2D eigenvalue weighted by Crippen LogP contribution is 2.36. The third-order valence-corrected chi connectivity index (χ3v) is 3.69. The van der Waals surface area contributed by atoms with Crippen LogP contribution < -0.4 is 5.56 Å². The molecular weight excluding hydrogens is 282 g/mol. The highest BCUT2D eigenvalue weighted by Gasteiger charge is 2.21. The average molecular weight is 301 g/mol. The summed E-state index contributed by atoms with van der Waals surface area (Å²) in [6, 6.07) is 7.41. The number of carboxylic acid groups (broad SMARTS) is 1. The molecule has 0 aliphatic carbocycles. The van der Waals surface area contributed by atoms with Crippen LogP contribution in [0.2, 0.25) is 0 Å². The van der Waals surface area contributed by atoms with Crippen LogP contribution in [-0.2, 0) is 11.2 Å². The van der Waals surface area contributed by atoms with Gasteiger partial charge in [-0.25, -0.2) is 0 Å². The standard InChI is InChI=1S/C17H19NO4/c1-9(2)11-6-4-5-7-12(11)15-13(8-14(19)20)10(3)18-17(22)16(15)21/h4-7,9,21H,8H2,1-3H3,(H,18,22)(H,19,20). The second-order valence-electron chi connectivity index (χ2n) is 5.59. The Balaban J connectivity index is 2.85. The monoisotopic (exact) mass is 301 g/mol. The van der Waals surface area contributed by atoms with Crippen molar-refractivity contribution < 1.29 is 15.0 Å². The van der Waals surface area contributed by atoms with E-state index >= 15 is 0 Å². The highest BCUT2D eigenvalue weighted by atomic mass is 16.4. The first-order chi connectivity index (χ1) is 10.3. The van der Waals surface area contributed by atoms with Crippen LogP contribution in [0.25, 0.3) is 11.1 Å². The number of nitrogens with one attached hydrogen (secondary N) is 1. The molecule has 0 saturated heterocycles. The van der Waals surface area contributed by atoms with Gasteiger partial charge in [-0.05, 0) is 29.5 Å². The molecule has 5 heteroatoms. The minimum atomic E-state index is -1.02. The van der Waals surface area contributed by atoms with Crippen LogP contribution in [0.5, 0.6) is 5.75 Å². The fourth-order valence-corrected chi connectivity index (χ4v) is 2.64. The van der Waals surface area contributed by atoms with Gasteiger partial charge in [-0.1, -0.05) is 38.1 Å². The van der Waals surface area contributed by atoms with E-state index in [4.69, 9.17) is 5.11 Å². The number of rotatable bonds is 4. The van der Waals surface area contributed by atoms with E-state index in [2.05, 4.69) is 4.98 Å². The lowest BCUT2D eigenvalue weighted by molar-refractivity contribution is -0.136. The first-order valence-corrected chi connectivity index (χ1v) is 7.08. The minimum Gasteiger partial charge on any atom is -0.503 e. The highest BCUT2D eigenvalue weighted by molar-refractivity contribution is 5.81. The molecule has 0 unspecified atom stereocenters. The number of aliphatic carboxylic acids is 1. The number of H-pyrrole nitrogens is 1. The predicted octanol–water partition coefficient (Wildman–Crippen LogP) is 2.81. The van der Waals surface area contributed by atoms with Gasteiger partial charge in [0.25, 0.3) is 5.56 Å². The van der Waals surface area contributed by atoms with Gasteiger partial charge in [0, 0.05) is 11.3 Å². The van der Waals surface area contributed by atoms with Crippen molar-refractivity contribution in [2.75, 3.05) is 0 Å². The van der Waals surface area contributed by atoms with Crippen molar-refractivity contribution in [3.8, 4) is 16.9 Å². The van der Waals surface area contributed by atoms with E-state index in [1.165, 1.54) is 0 Å². The zero-order chi connectivity index (χ0) is 16.4. The predicted molar refractivity (Wildman–Crippen MR) is 84.3 cm³/mol. The summed E-state index contributed by atoms with van der Waals surface area (Å²) in [4.78, 5) is 25.5. The van der Waals surface area contributed by atoms with Gasteiger partial charge in [0.05, 0.1) is 6.42 Å². The second kappa shape index (κ2) is 6.05. The number of carboxylic acids is 1. The van der Waals surface area contributed by atoms with Crippen LogP contribution in [-0.4, -0.2) is 21.2 Å². The van der Waals surface area contributed by atoms with Crippen LogP contribution >= 0.6 is 0 Å². The number of hydrogen-bond donors (Lipinski definition) is 3. The van der Waals surface area contributed by atoms with Crippen molar-refractivity contribution in [3.63, 3.8) is 0 Å². The lowest BCUT2D eigenvalue weighted by Gasteiger charge is -2.17. The number of pyridine rings is 1. The summed E-state index contributed by atoms with van der Waals surface area (Å²) >= 11 is 0. The first-order valence-electron chi connectivity index (χ1n) is 7.08.